The van der Waals surface area contributed by atoms with Crippen LogP contribution in [0.3, 0.4) is 0 Å². The van der Waals surface area contributed by atoms with Crippen LogP contribution in [0.4, 0.5) is 5.69 Å². The molecule has 0 radical (unpaired) electrons. The monoisotopic (exact) mass is 535 g/mol. The van der Waals surface area contributed by atoms with Gasteiger partial charge < -0.3 is 9.52 Å². The lowest BCUT2D eigenvalue weighted by molar-refractivity contribution is 0.382. The normalized spacial score (nSPS) is 17.2. The van der Waals surface area contributed by atoms with Crippen LogP contribution in [0.1, 0.15) is 93.2 Å². The van der Waals surface area contributed by atoms with Gasteiger partial charge in [-0.05, 0) is 78.8 Å². The second kappa shape index (κ2) is 10.3. The van der Waals surface area contributed by atoms with E-state index >= 15 is 0 Å². The molecular formula is C31H37NO5S. The van der Waals surface area contributed by atoms with Crippen molar-refractivity contribution in [3.63, 3.8) is 0 Å². The molecule has 1 heterocycles. The molecule has 2 aromatic carbocycles. The van der Waals surface area contributed by atoms with Gasteiger partial charge in [-0.15, -0.1) is 0 Å². The fraction of sp³-hybridized carbons (Fsp3) is 0.452. The molecule has 38 heavy (non-hydrogen) atoms. The van der Waals surface area contributed by atoms with Crippen molar-refractivity contribution in [2.45, 2.75) is 88.4 Å². The fourth-order valence-electron chi connectivity index (χ4n) is 5.54. The summed E-state index contributed by atoms with van der Waals surface area (Å²) in [5.41, 5.74) is 2.79. The Morgan fingerprint density at radius 3 is 2.32 bits per heavy atom. The van der Waals surface area contributed by atoms with E-state index in [2.05, 4.69) is 25.5 Å². The molecular weight excluding hydrogens is 498 g/mol. The van der Waals surface area contributed by atoms with E-state index in [1.807, 2.05) is 18.2 Å². The summed E-state index contributed by atoms with van der Waals surface area (Å²) in [5.74, 6) is 0.536. The zero-order valence-electron chi connectivity index (χ0n) is 22.4. The number of sulfonamides is 1. The van der Waals surface area contributed by atoms with Crippen LogP contribution in [0.25, 0.3) is 0 Å². The zero-order valence-corrected chi connectivity index (χ0v) is 23.2. The number of hydrogen-bond donors (Lipinski definition) is 2. The topological polar surface area (TPSA) is 96.6 Å². The number of benzene rings is 2. The van der Waals surface area contributed by atoms with Crippen molar-refractivity contribution in [3.05, 3.63) is 87.0 Å². The molecule has 0 saturated heterocycles. The molecule has 1 saturated carbocycles. The third kappa shape index (κ3) is 5.53. The molecule has 2 aliphatic carbocycles. The minimum atomic E-state index is -3.80. The van der Waals surface area contributed by atoms with Crippen LogP contribution in [0.15, 0.2) is 62.6 Å². The Kier molecular flexibility index (Phi) is 7.16. The molecule has 0 amide bonds. The largest absolute Gasteiger partial charge is 0.507 e. The SMILES string of the molecule is CC(C)(C)c1ccc(S(=O)(=O)Nc2cccc(C(c3c(O)c4c(oc3=O)CCCCCC4)C3CC3)c2)cc1. The smallest absolute Gasteiger partial charge is 0.343 e. The van der Waals surface area contributed by atoms with Gasteiger partial charge in [-0.3, -0.25) is 4.72 Å². The number of aryl methyl sites for hydroxylation is 1. The van der Waals surface area contributed by atoms with Crippen LogP contribution in [0.5, 0.6) is 5.75 Å². The lowest BCUT2D eigenvalue weighted by atomic mass is 9.85. The minimum absolute atomic E-state index is 0.0694. The van der Waals surface area contributed by atoms with E-state index in [1.54, 1.807) is 30.3 Å². The average molecular weight is 536 g/mol. The lowest BCUT2D eigenvalue weighted by Gasteiger charge is -2.22. The van der Waals surface area contributed by atoms with Crippen LogP contribution in [-0.2, 0) is 28.3 Å². The molecule has 1 aromatic heterocycles. The average Bonchev–Trinajstić information content (AvgIpc) is 3.67. The van der Waals surface area contributed by atoms with E-state index in [1.165, 1.54) is 0 Å². The van der Waals surface area contributed by atoms with Gasteiger partial charge >= 0.3 is 5.63 Å². The van der Waals surface area contributed by atoms with Crippen molar-refractivity contribution >= 4 is 15.7 Å². The Bertz CT molecular complexity index is 1480. The highest BCUT2D eigenvalue weighted by molar-refractivity contribution is 7.92. The number of nitrogens with one attached hydrogen (secondary N) is 1. The third-order valence-corrected chi connectivity index (χ3v) is 9.22. The molecule has 202 valence electrons. The predicted molar refractivity (Wildman–Crippen MR) is 149 cm³/mol. The number of fused-ring (bicyclic) bond motifs is 1. The zero-order chi connectivity index (χ0) is 27.1. The number of anilines is 1. The van der Waals surface area contributed by atoms with E-state index in [0.29, 0.717) is 29.9 Å². The van der Waals surface area contributed by atoms with Gasteiger partial charge in [0.25, 0.3) is 10.0 Å². The number of rotatable bonds is 6. The molecule has 0 spiro atoms. The van der Waals surface area contributed by atoms with Gasteiger partial charge in [0.15, 0.2) is 0 Å². The summed E-state index contributed by atoms with van der Waals surface area (Å²) >= 11 is 0. The maximum Gasteiger partial charge on any atom is 0.343 e. The van der Waals surface area contributed by atoms with Crippen LogP contribution >= 0.6 is 0 Å². The Balaban J connectivity index is 1.48. The summed E-state index contributed by atoms with van der Waals surface area (Å²) in [6.45, 7) is 6.25. The molecule has 2 aliphatic rings. The maximum atomic E-state index is 13.2. The van der Waals surface area contributed by atoms with Crippen molar-refractivity contribution < 1.29 is 17.9 Å². The van der Waals surface area contributed by atoms with Crippen molar-refractivity contribution in [2.24, 2.45) is 5.92 Å². The van der Waals surface area contributed by atoms with E-state index in [-0.39, 0.29) is 27.9 Å². The highest BCUT2D eigenvalue weighted by Crippen LogP contribution is 2.49. The van der Waals surface area contributed by atoms with Crippen molar-refractivity contribution in [1.82, 2.24) is 0 Å². The quantitative estimate of drug-likeness (QED) is 0.369. The third-order valence-electron chi connectivity index (χ3n) is 7.83. The summed E-state index contributed by atoms with van der Waals surface area (Å²) in [6.07, 6.45) is 7.34. The van der Waals surface area contributed by atoms with Gasteiger partial charge in [0.1, 0.15) is 11.5 Å². The Morgan fingerprint density at radius 2 is 1.66 bits per heavy atom. The van der Waals surface area contributed by atoms with Crippen LogP contribution in [0, 0.1) is 5.92 Å². The molecule has 5 rings (SSSR count). The fourth-order valence-corrected chi connectivity index (χ4v) is 6.59. The summed E-state index contributed by atoms with van der Waals surface area (Å²) in [7, 11) is -3.80. The summed E-state index contributed by atoms with van der Waals surface area (Å²) in [5, 5.41) is 11.4. The summed E-state index contributed by atoms with van der Waals surface area (Å²) in [4.78, 5) is 13.4. The maximum absolute atomic E-state index is 13.2. The predicted octanol–water partition coefficient (Wildman–Crippen LogP) is 6.64. The molecule has 3 aromatic rings. The van der Waals surface area contributed by atoms with Crippen LogP contribution < -0.4 is 10.3 Å². The molecule has 0 aliphatic heterocycles. The summed E-state index contributed by atoms with van der Waals surface area (Å²) in [6, 6.07) is 14.1. The van der Waals surface area contributed by atoms with Crippen molar-refractivity contribution in [2.75, 3.05) is 4.72 Å². The first kappa shape index (κ1) is 26.5. The van der Waals surface area contributed by atoms with Gasteiger partial charge in [0.2, 0.25) is 0 Å². The van der Waals surface area contributed by atoms with E-state index < -0.39 is 15.6 Å². The van der Waals surface area contributed by atoms with Crippen LogP contribution in [0.2, 0.25) is 0 Å². The standard InChI is InChI=1S/C31H37NO5S/c1-31(2,3)22-15-17-24(18-16-22)38(35,36)32-23-10-8-9-21(19-23)27(20-13-14-20)28-29(33)25-11-6-4-5-7-12-26(25)37-30(28)34/h8-10,15-20,27,32-33H,4-7,11-14H2,1-3H3. The first-order chi connectivity index (χ1) is 18.0. The highest BCUT2D eigenvalue weighted by Gasteiger charge is 2.38. The number of hydrogen-bond acceptors (Lipinski definition) is 5. The first-order valence-corrected chi connectivity index (χ1v) is 15.1. The first-order valence-electron chi connectivity index (χ1n) is 13.7. The van der Waals surface area contributed by atoms with Gasteiger partial charge in [0.05, 0.1) is 10.5 Å². The van der Waals surface area contributed by atoms with E-state index in [0.717, 1.165) is 55.2 Å². The molecule has 1 atom stereocenters. The van der Waals surface area contributed by atoms with Crippen molar-refractivity contribution in [1.29, 1.82) is 0 Å². The Hall–Kier alpha value is -3.06. The lowest BCUT2D eigenvalue weighted by Crippen LogP contribution is -2.19. The van der Waals surface area contributed by atoms with Gasteiger partial charge in [-0.25, -0.2) is 13.2 Å². The minimum Gasteiger partial charge on any atom is -0.507 e. The number of aromatic hydroxyl groups is 1. The molecule has 7 heteroatoms. The van der Waals surface area contributed by atoms with Crippen molar-refractivity contribution in [3.8, 4) is 5.75 Å². The molecule has 1 unspecified atom stereocenters. The second-order valence-electron chi connectivity index (χ2n) is 11.8. The molecule has 1 fully saturated rings. The summed E-state index contributed by atoms with van der Waals surface area (Å²) < 4.78 is 34.9. The van der Waals surface area contributed by atoms with Gasteiger partial charge in [-0.1, -0.05) is 57.9 Å². The second-order valence-corrected chi connectivity index (χ2v) is 13.5. The van der Waals surface area contributed by atoms with E-state index in [9.17, 15) is 18.3 Å². The molecule has 0 bridgehead atoms. The Morgan fingerprint density at radius 1 is 0.974 bits per heavy atom. The molecule has 6 nitrogen and oxygen atoms in total. The molecule has 2 N–H and O–H groups in total. The Labute approximate surface area is 225 Å². The van der Waals surface area contributed by atoms with Gasteiger partial charge in [-0.2, -0.15) is 0 Å². The van der Waals surface area contributed by atoms with E-state index in [4.69, 9.17) is 4.42 Å². The van der Waals surface area contributed by atoms with Gasteiger partial charge in [0, 0.05) is 23.6 Å². The van der Waals surface area contributed by atoms with Crippen LogP contribution in [-0.4, -0.2) is 13.5 Å². The highest BCUT2D eigenvalue weighted by atomic mass is 32.2.